The fraction of sp³-hybridized carbons (Fsp3) is 0.353. The van der Waals surface area contributed by atoms with Gasteiger partial charge < -0.3 is 5.32 Å². The van der Waals surface area contributed by atoms with Crippen LogP contribution < -0.4 is 10.9 Å². The number of carbonyl (C=O) groups excluding carboxylic acids is 1. The van der Waals surface area contributed by atoms with E-state index in [9.17, 15) is 9.59 Å². The summed E-state index contributed by atoms with van der Waals surface area (Å²) >= 11 is 0. The number of aromatic nitrogens is 2. The predicted octanol–water partition coefficient (Wildman–Crippen LogP) is 2.20. The van der Waals surface area contributed by atoms with Gasteiger partial charge in [0, 0.05) is 7.05 Å². The Morgan fingerprint density at radius 1 is 1.23 bits per heavy atom. The second-order valence-electron chi connectivity index (χ2n) is 5.57. The van der Waals surface area contributed by atoms with Crippen LogP contribution in [0, 0.1) is 20.8 Å². The molecule has 116 valence electrons. The zero-order valence-corrected chi connectivity index (χ0v) is 13.6. The van der Waals surface area contributed by atoms with E-state index in [2.05, 4.69) is 10.4 Å². The van der Waals surface area contributed by atoms with Crippen LogP contribution in [0.3, 0.4) is 0 Å². The highest BCUT2D eigenvalue weighted by atomic mass is 16.2. The van der Waals surface area contributed by atoms with E-state index < -0.39 is 0 Å². The fourth-order valence-electron chi connectivity index (χ4n) is 2.54. The van der Waals surface area contributed by atoms with Gasteiger partial charge in [-0.05, 0) is 44.4 Å². The number of carbonyl (C=O) groups is 1. The number of aryl methyl sites for hydroxylation is 3. The van der Waals surface area contributed by atoms with Crippen molar-refractivity contribution in [1.29, 1.82) is 0 Å². The van der Waals surface area contributed by atoms with Gasteiger partial charge in [0.05, 0.1) is 11.7 Å². The molecule has 0 aliphatic carbocycles. The molecule has 22 heavy (non-hydrogen) atoms. The van der Waals surface area contributed by atoms with Gasteiger partial charge in [-0.2, -0.15) is 5.10 Å². The monoisotopic (exact) mass is 299 g/mol. The van der Waals surface area contributed by atoms with Crippen molar-refractivity contribution in [3.63, 3.8) is 0 Å². The summed E-state index contributed by atoms with van der Waals surface area (Å²) in [6.45, 7) is 7.44. The summed E-state index contributed by atoms with van der Waals surface area (Å²) in [5, 5.41) is 7.00. The molecule has 1 atom stereocenters. The van der Waals surface area contributed by atoms with Crippen LogP contribution in [0.5, 0.6) is 0 Å². The van der Waals surface area contributed by atoms with E-state index in [-0.39, 0.29) is 23.1 Å². The lowest BCUT2D eigenvalue weighted by Crippen LogP contribution is -2.36. The van der Waals surface area contributed by atoms with Crippen molar-refractivity contribution < 1.29 is 4.79 Å². The Morgan fingerprint density at radius 3 is 2.50 bits per heavy atom. The van der Waals surface area contributed by atoms with E-state index in [1.165, 1.54) is 4.68 Å². The van der Waals surface area contributed by atoms with Gasteiger partial charge in [-0.1, -0.05) is 24.3 Å². The quantitative estimate of drug-likeness (QED) is 0.945. The number of rotatable bonds is 3. The molecule has 0 unspecified atom stereocenters. The summed E-state index contributed by atoms with van der Waals surface area (Å²) in [6, 6.07) is 7.69. The second-order valence-corrected chi connectivity index (χ2v) is 5.57. The minimum absolute atomic E-state index is 0.162. The zero-order chi connectivity index (χ0) is 16.4. The molecular formula is C17H21N3O2. The van der Waals surface area contributed by atoms with E-state index >= 15 is 0 Å². The zero-order valence-electron chi connectivity index (χ0n) is 13.6. The van der Waals surface area contributed by atoms with E-state index in [4.69, 9.17) is 0 Å². The minimum atomic E-state index is -0.377. The van der Waals surface area contributed by atoms with E-state index in [0.29, 0.717) is 11.3 Å². The smallest absolute Gasteiger partial charge is 0.279 e. The van der Waals surface area contributed by atoms with Gasteiger partial charge in [-0.3, -0.25) is 9.59 Å². The van der Waals surface area contributed by atoms with Crippen LogP contribution in [0.1, 0.15) is 45.7 Å². The summed E-state index contributed by atoms with van der Waals surface area (Å²) in [7, 11) is 1.55. The highest BCUT2D eigenvalue weighted by Crippen LogP contribution is 2.17. The molecule has 1 aromatic heterocycles. The molecule has 5 nitrogen and oxygen atoms in total. The summed E-state index contributed by atoms with van der Waals surface area (Å²) < 4.78 is 1.20. The first-order valence-corrected chi connectivity index (χ1v) is 7.23. The third-order valence-electron chi connectivity index (χ3n) is 3.96. The maximum absolute atomic E-state index is 12.5. The van der Waals surface area contributed by atoms with Gasteiger partial charge in [0.1, 0.15) is 5.56 Å². The Kier molecular flexibility index (Phi) is 4.45. The van der Waals surface area contributed by atoms with Crippen molar-refractivity contribution in [3.8, 4) is 0 Å². The van der Waals surface area contributed by atoms with Crippen LogP contribution in [0.2, 0.25) is 0 Å². The molecule has 2 aromatic rings. The predicted molar refractivity (Wildman–Crippen MR) is 86.0 cm³/mol. The Labute approximate surface area is 130 Å². The van der Waals surface area contributed by atoms with Crippen LogP contribution in [0.4, 0.5) is 0 Å². The Balaban J connectivity index is 2.35. The standard InChI is InChI=1S/C17H21N3O2/c1-10-8-6-7-9-14(10)13(4)18-16(21)15-11(2)12(3)19-20(5)17(15)22/h6-9,13H,1-5H3,(H,18,21)/t13-/m1/s1. The molecule has 2 rings (SSSR count). The van der Waals surface area contributed by atoms with Crippen molar-refractivity contribution in [2.45, 2.75) is 33.7 Å². The summed E-state index contributed by atoms with van der Waals surface area (Å²) in [5.41, 5.74) is 3.23. The number of nitrogens with one attached hydrogen (secondary N) is 1. The Hall–Kier alpha value is -2.43. The van der Waals surface area contributed by atoms with Gasteiger partial charge in [0.25, 0.3) is 11.5 Å². The molecule has 0 bridgehead atoms. The molecule has 0 saturated carbocycles. The van der Waals surface area contributed by atoms with Crippen molar-refractivity contribution >= 4 is 5.91 Å². The Bertz CT molecular complexity index is 778. The number of hydrogen-bond donors (Lipinski definition) is 1. The first-order valence-electron chi connectivity index (χ1n) is 7.23. The number of hydrogen-bond acceptors (Lipinski definition) is 3. The average Bonchev–Trinajstić information content (AvgIpc) is 2.45. The van der Waals surface area contributed by atoms with Crippen LogP contribution in [-0.4, -0.2) is 15.7 Å². The number of amides is 1. The summed E-state index contributed by atoms with van der Waals surface area (Å²) in [6.07, 6.45) is 0. The van der Waals surface area contributed by atoms with Gasteiger partial charge in [0.2, 0.25) is 0 Å². The Morgan fingerprint density at radius 2 is 1.86 bits per heavy atom. The molecule has 0 saturated heterocycles. The van der Waals surface area contributed by atoms with Gasteiger partial charge in [-0.25, -0.2) is 4.68 Å². The molecule has 0 aliphatic heterocycles. The topological polar surface area (TPSA) is 64.0 Å². The van der Waals surface area contributed by atoms with E-state index in [1.807, 2.05) is 38.1 Å². The van der Waals surface area contributed by atoms with Gasteiger partial charge in [-0.15, -0.1) is 0 Å². The number of benzene rings is 1. The molecule has 1 N–H and O–H groups in total. The van der Waals surface area contributed by atoms with Gasteiger partial charge >= 0.3 is 0 Å². The fourth-order valence-corrected chi connectivity index (χ4v) is 2.54. The molecule has 0 radical (unpaired) electrons. The number of nitrogens with zero attached hydrogens (tertiary/aromatic N) is 2. The van der Waals surface area contributed by atoms with Crippen LogP contribution in [0.25, 0.3) is 0 Å². The van der Waals surface area contributed by atoms with Crippen molar-refractivity contribution in [3.05, 3.63) is 62.6 Å². The molecule has 1 aromatic carbocycles. The third kappa shape index (κ3) is 2.93. The normalized spacial score (nSPS) is 12.0. The van der Waals surface area contributed by atoms with Crippen molar-refractivity contribution in [1.82, 2.24) is 15.1 Å². The molecule has 1 heterocycles. The molecular weight excluding hydrogens is 278 g/mol. The van der Waals surface area contributed by atoms with E-state index in [0.717, 1.165) is 11.1 Å². The molecule has 0 spiro atoms. The molecule has 5 heteroatoms. The van der Waals surface area contributed by atoms with Crippen LogP contribution >= 0.6 is 0 Å². The maximum atomic E-state index is 12.5. The van der Waals surface area contributed by atoms with E-state index in [1.54, 1.807) is 20.9 Å². The minimum Gasteiger partial charge on any atom is -0.345 e. The summed E-state index contributed by atoms with van der Waals surface area (Å²) in [4.78, 5) is 24.7. The molecule has 0 aliphatic rings. The maximum Gasteiger partial charge on any atom is 0.279 e. The molecule has 1 amide bonds. The third-order valence-corrected chi connectivity index (χ3v) is 3.96. The first-order chi connectivity index (χ1) is 10.3. The average molecular weight is 299 g/mol. The highest BCUT2D eigenvalue weighted by molar-refractivity contribution is 5.95. The van der Waals surface area contributed by atoms with Crippen molar-refractivity contribution in [2.75, 3.05) is 0 Å². The second kappa shape index (κ2) is 6.13. The largest absolute Gasteiger partial charge is 0.345 e. The van der Waals surface area contributed by atoms with Crippen LogP contribution in [-0.2, 0) is 7.05 Å². The lowest BCUT2D eigenvalue weighted by Gasteiger charge is -2.17. The lowest BCUT2D eigenvalue weighted by molar-refractivity contribution is 0.0936. The van der Waals surface area contributed by atoms with Gasteiger partial charge in [0.15, 0.2) is 0 Å². The molecule has 0 fully saturated rings. The SMILES string of the molecule is Cc1ccccc1[C@@H](C)NC(=O)c1c(C)c(C)nn(C)c1=O. The highest BCUT2D eigenvalue weighted by Gasteiger charge is 2.20. The van der Waals surface area contributed by atoms with Crippen molar-refractivity contribution in [2.24, 2.45) is 7.05 Å². The lowest BCUT2D eigenvalue weighted by atomic mass is 10.0. The first kappa shape index (κ1) is 15.9. The van der Waals surface area contributed by atoms with Crippen LogP contribution in [0.15, 0.2) is 29.1 Å². The summed E-state index contributed by atoms with van der Waals surface area (Å²) in [5.74, 6) is -0.362.